The molecule has 2 nitrogen and oxygen atoms in total. The predicted molar refractivity (Wildman–Crippen MR) is 76.0 cm³/mol. The van der Waals surface area contributed by atoms with Crippen LogP contribution in [0.15, 0.2) is 54.6 Å². The van der Waals surface area contributed by atoms with E-state index in [1.807, 2.05) is 30.3 Å². The van der Waals surface area contributed by atoms with Gasteiger partial charge in [-0.05, 0) is 18.2 Å². The molecule has 0 spiro atoms. The van der Waals surface area contributed by atoms with Crippen LogP contribution in [0.25, 0.3) is 11.1 Å². The zero-order chi connectivity index (χ0) is 15.3. The van der Waals surface area contributed by atoms with Crippen LogP contribution in [0.4, 0.5) is 13.2 Å². The molecule has 0 fully saturated rings. The lowest BCUT2D eigenvalue weighted by Gasteiger charge is -2.22. The number of alkyl halides is 3. The lowest BCUT2D eigenvalue weighted by molar-refractivity contribution is -0.195. The summed E-state index contributed by atoms with van der Waals surface area (Å²) in [5.74, 6) is 0.208. The summed E-state index contributed by atoms with van der Waals surface area (Å²) in [5, 5.41) is 0. The second kappa shape index (κ2) is 6.63. The van der Waals surface area contributed by atoms with E-state index in [-0.39, 0.29) is 18.7 Å². The van der Waals surface area contributed by atoms with Crippen LogP contribution in [-0.4, -0.2) is 18.8 Å². The van der Waals surface area contributed by atoms with Gasteiger partial charge in [-0.3, -0.25) is 0 Å². The first kappa shape index (κ1) is 15.4. The smallest absolute Gasteiger partial charge is 0.425 e. The molecule has 2 rings (SSSR count). The quantitative estimate of drug-likeness (QED) is 0.904. The maximum Gasteiger partial charge on any atom is 0.425 e. The van der Waals surface area contributed by atoms with Crippen LogP contribution in [0, 0.1) is 0 Å². The van der Waals surface area contributed by atoms with Crippen LogP contribution in [0.5, 0.6) is 5.75 Å². The lowest BCUT2D eigenvalue weighted by Crippen LogP contribution is -2.36. The minimum absolute atomic E-state index is 0.0856. The maximum absolute atomic E-state index is 12.9. The summed E-state index contributed by atoms with van der Waals surface area (Å²) in [5.41, 5.74) is 6.69. The highest BCUT2D eigenvalue weighted by Crippen LogP contribution is 2.33. The zero-order valence-corrected chi connectivity index (χ0v) is 11.3. The molecule has 2 aromatic carbocycles. The van der Waals surface area contributed by atoms with Crippen molar-refractivity contribution < 1.29 is 17.9 Å². The molecule has 2 N–H and O–H groups in total. The third-order valence-corrected chi connectivity index (χ3v) is 3.04. The Morgan fingerprint density at radius 1 is 0.952 bits per heavy atom. The summed E-state index contributed by atoms with van der Waals surface area (Å²) in [7, 11) is 0. The van der Waals surface area contributed by atoms with Crippen LogP contribution in [0.3, 0.4) is 0 Å². The number of hydrogen-bond acceptors (Lipinski definition) is 2. The van der Waals surface area contributed by atoms with Crippen molar-refractivity contribution >= 4 is 0 Å². The molecule has 5 heteroatoms. The predicted octanol–water partition coefficient (Wildman–Crippen LogP) is 4.01. The van der Waals surface area contributed by atoms with Gasteiger partial charge in [-0.2, -0.15) is 13.2 Å². The molecule has 112 valence electrons. The molecule has 21 heavy (non-hydrogen) atoms. The van der Waals surface area contributed by atoms with Crippen LogP contribution in [-0.2, 0) is 0 Å². The average Bonchev–Trinajstić information content (AvgIpc) is 2.47. The summed E-state index contributed by atoms with van der Waals surface area (Å²) in [6.07, 6.45) is -6.61. The first-order chi connectivity index (χ1) is 10.0. The van der Waals surface area contributed by atoms with Crippen molar-refractivity contribution in [2.24, 2.45) is 5.73 Å². The van der Waals surface area contributed by atoms with Gasteiger partial charge < -0.3 is 10.5 Å². The van der Waals surface area contributed by atoms with E-state index in [2.05, 4.69) is 0 Å². The molecule has 0 aliphatic carbocycles. The van der Waals surface area contributed by atoms with E-state index in [0.29, 0.717) is 5.56 Å². The Balaban J connectivity index is 2.32. The van der Waals surface area contributed by atoms with Gasteiger partial charge >= 0.3 is 6.18 Å². The normalized spacial score (nSPS) is 13.0. The molecular weight excluding hydrogens is 279 g/mol. The van der Waals surface area contributed by atoms with Crippen molar-refractivity contribution in [3.63, 3.8) is 0 Å². The maximum atomic E-state index is 12.9. The Labute approximate surface area is 121 Å². The van der Waals surface area contributed by atoms with Gasteiger partial charge in [0.1, 0.15) is 5.75 Å². The van der Waals surface area contributed by atoms with Gasteiger partial charge in [0, 0.05) is 12.0 Å². The van der Waals surface area contributed by atoms with E-state index in [0.717, 1.165) is 5.56 Å². The molecule has 0 bridgehead atoms. The minimum atomic E-state index is -4.44. The largest absolute Gasteiger partial charge is 0.480 e. The Bertz CT molecular complexity index is 569. The molecule has 0 aliphatic heterocycles. The van der Waals surface area contributed by atoms with Crippen molar-refractivity contribution in [3.8, 4) is 16.9 Å². The average molecular weight is 295 g/mol. The van der Waals surface area contributed by atoms with Crippen LogP contribution >= 0.6 is 0 Å². The fraction of sp³-hybridized carbons (Fsp3) is 0.250. The second-order valence-corrected chi connectivity index (χ2v) is 4.59. The number of ether oxygens (including phenoxy) is 1. The molecule has 0 saturated heterocycles. The van der Waals surface area contributed by atoms with Crippen molar-refractivity contribution in [2.45, 2.75) is 18.7 Å². The van der Waals surface area contributed by atoms with E-state index >= 15 is 0 Å². The third-order valence-electron chi connectivity index (χ3n) is 3.04. The molecule has 1 unspecified atom stereocenters. The van der Waals surface area contributed by atoms with Gasteiger partial charge in [0.2, 0.25) is 0 Å². The van der Waals surface area contributed by atoms with E-state index in [1.165, 1.54) is 6.07 Å². The Kier molecular flexibility index (Phi) is 4.85. The first-order valence-corrected chi connectivity index (χ1v) is 6.60. The summed E-state index contributed by atoms with van der Waals surface area (Å²) >= 11 is 0. The van der Waals surface area contributed by atoms with Crippen molar-refractivity contribution in [2.75, 3.05) is 6.54 Å². The summed E-state index contributed by atoms with van der Waals surface area (Å²) in [6.45, 7) is -0.0856. The van der Waals surface area contributed by atoms with Gasteiger partial charge in [0.25, 0.3) is 0 Å². The van der Waals surface area contributed by atoms with E-state index in [9.17, 15) is 13.2 Å². The highest BCUT2D eigenvalue weighted by atomic mass is 19.4. The van der Waals surface area contributed by atoms with E-state index in [1.54, 1.807) is 18.2 Å². The number of hydrogen-bond donors (Lipinski definition) is 1. The van der Waals surface area contributed by atoms with Crippen molar-refractivity contribution in [1.29, 1.82) is 0 Å². The molecule has 0 heterocycles. The monoisotopic (exact) mass is 295 g/mol. The number of nitrogens with two attached hydrogens (primary N) is 1. The highest BCUT2D eigenvalue weighted by molar-refractivity contribution is 5.70. The van der Waals surface area contributed by atoms with Gasteiger partial charge in [0.05, 0.1) is 0 Å². The molecule has 0 aromatic heterocycles. The summed E-state index contributed by atoms with van der Waals surface area (Å²) in [6, 6.07) is 15.8. The van der Waals surface area contributed by atoms with E-state index in [4.69, 9.17) is 10.5 Å². The topological polar surface area (TPSA) is 35.2 Å². The zero-order valence-electron chi connectivity index (χ0n) is 11.3. The van der Waals surface area contributed by atoms with Crippen LogP contribution in [0.2, 0.25) is 0 Å². The first-order valence-electron chi connectivity index (χ1n) is 6.60. The van der Waals surface area contributed by atoms with Gasteiger partial charge in [-0.25, -0.2) is 0 Å². The second-order valence-electron chi connectivity index (χ2n) is 4.59. The molecule has 1 atom stereocenters. The molecule has 0 radical (unpaired) electrons. The molecule has 0 aliphatic rings. The van der Waals surface area contributed by atoms with Crippen molar-refractivity contribution in [3.05, 3.63) is 54.6 Å². The Hall–Kier alpha value is -2.01. The Morgan fingerprint density at radius 2 is 1.57 bits per heavy atom. The third kappa shape index (κ3) is 3.98. The number of halogens is 3. The molecule has 0 amide bonds. The Morgan fingerprint density at radius 3 is 2.19 bits per heavy atom. The number of benzene rings is 2. The van der Waals surface area contributed by atoms with Crippen molar-refractivity contribution in [1.82, 2.24) is 0 Å². The van der Waals surface area contributed by atoms with E-state index < -0.39 is 12.3 Å². The van der Waals surface area contributed by atoms with Crippen LogP contribution in [0.1, 0.15) is 6.42 Å². The summed E-state index contributed by atoms with van der Waals surface area (Å²) < 4.78 is 44.0. The van der Waals surface area contributed by atoms with Gasteiger partial charge in [-0.1, -0.05) is 48.5 Å². The summed E-state index contributed by atoms with van der Waals surface area (Å²) in [4.78, 5) is 0. The fourth-order valence-corrected chi connectivity index (χ4v) is 2.02. The standard InChI is InChI=1S/C16H16F3NO/c17-16(18,19)15(10-11-20)21-14-9-5-4-8-13(14)12-6-2-1-3-7-12/h1-9,15H,10-11,20H2. The number of rotatable bonds is 5. The molecule has 0 saturated carbocycles. The highest BCUT2D eigenvalue weighted by Gasteiger charge is 2.41. The minimum Gasteiger partial charge on any atom is -0.480 e. The fourth-order valence-electron chi connectivity index (χ4n) is 2.02. The lowest BCUT2D eigenvalue weighted by atomic mass is 10.0. The van der Waals surface area contributed by atoms with Crippen LogP contribution < -0.4 is 10.5 Å². The van der Waals surface area contributed by atoms with Gasteiger partial charge in [-0.15, -0.1) is 0 Å². The van der Waals surface area contributed by atoms with Gasteiger partial charge in [0.15, 0.2) is 6.10 Å². The number of para-hydroxylation sites is 1. The molecular formula is C16H16F3NO. The molecule has 2 aromatic rings. The SMILES string of the molecule is NCCC(Oc1ccccc1-c1ccccc1)C(F)(F)F.